The van der Waals surface area contributed by atoms with Gasteiger partial charge in [0.25, 0.3) is 0 Å². The van der Waals surface area contributed by atoms with E-state index in [2.05, 4.69) is 5.32 Å². The fourth-order valence-corrected chi connectivity index (χ4v) is 1.10. The third kappa shape index (κ3) is 7.67. The predicted octanol–water partition coefficient (Wildman–Crippen LogP) is 0.963. The van der Waals surface area contributed by atoms with Crippen LogP contribution in [0.3, 0.4) is 0 Å². The first-order valence-corrected chi connectivity index (χ1v) is 5.03. The number of esters is 1. The molecule has 0 bridgehead atoms. The van der Waals surface area contributed by atoms with Crippen molar-refractivity contribution in [1.29, 1.82) is 0 Å². The Morgan fingerprint density at radius 3 is 2.33 bits per heavy atom. The Morgan fingerprint density at radius 1 is 1.47 bits per heavy atom. The van der Waals surface area contributed by atoms with Crippen molar-refractivity contribution in [2.45, 2.75) is 16.8 Å². The zero-order valence-electron chi connectivity index (χ0n) is 7.80. The molecule has 0 aliphatic rings. The van der Waals surface area contributed by atoms with E-state index in [1.807, 2.05) is 0 Å². The highest BCUT2D eigenvalue weighted by molar-refractivity contribution is 6.68. The van der Waals surface area contributed by atoms with Gasteiger partial charge in [-0.05, 0) is 0 Å². The van der Waals surface area contributed by atoms with E-state index in [1.165, 1.54) is 6.92 Å². The van der Waals surface area contributed by atoms with Crippen LogP contribution in [-0.4, -0.2) is 40.0 Å². The molecular weight excluding hydrogens is 268 g/mol. The summed E-state index contributed by atoms with van der Waals surface area (Å²) in [6.07, 6.45) is -1.03. The minimum absolute atomic E-state index is 0.0532. The number of carboxylic acids is 1. The topological polar surface area (TPSA) is 75.6 Å². The summed E-state index contributed by atoms with van der Waals surface area (Å²) in [6.45, 7) is 0.807. The Balaban J connectivity index is 4.14. The summed E-state index contributed by atoms with van der Waals surface area (Å²) in [5, 5.41) is 10.8. The quantitative estimate of drug-likeness (QED) is 0.579. The van der Waals surface area contributed by atoms with Crippen LogP contribution in [0.1, 0.15) is 6.92 Å². The van der Waals surface area contributed by atoms with E-state index in [4.69, 9.17) is 44.6 Å². The maximum absolute atomic E-state index is 10.7. The van der Waals surface area contributed by atoms with Gasteiger partial charge in [0.2, 0.25) is 3.79 Å². The molecule has 1 atom stereocenters. The number of hydrogen-bond donors (Lipinski definition) is 2. The number of hydrogen-bond acceptors (Lipinski definition) is 4. The van der Waals surface area contributed by atoms with Crippen LogP contribution in [0.25, 0.3) is 0 Å². The molecule has 0 aromatic carbocycles. The number of carbonyl (C=O) groups excluding carboxylic acids is 1. The molecule has 15 heavy (non-hydrogen) atoms. The minimum atomic E-state index is -1.79. The summed E-state index contributed by atoms with van der Waals surface area (Å²) in [4.78, 5) is 20.8. The molecule has 2 N–H and O–H groups in total. The zero-order valence-corrected chi connectivity index (χ0v) is 10.1. The van der Waals surface area contributed by atoms with E-state index in [9.17, 15) is 9.59 Å². The molecule has 0 aromatic heterocycles. The number of halogens is 3. The van der Waals surface area contributed by atoms with Crippen LogP contribution >= 0.6 is 34.8 Å². The van der Waals surface area contributed by atoms with Gasteiger partial charge in [-0.15, -0.1) is 0 Å². The highest BCUT2D eigenvalue weighted by atomic mass is 35.6. The van der Waals surface area contributed by atoms with Crippen molar-refractivity contribution in [1.82, 2.24) is 5.32 Å². The zero-order chi connectivity index (χ0) is 12.1. The molecule has 0 saturated carbocycles. The minimum Gasteiger partial charge on any atom is -0.480 e. The van der Waals surface area contributed by atoms with Crippen molar-refractivity contribution >= 4 is 46.7 Å². The van der Waals surface area contributed by atoms with Crippen LogP contribution in [0, 0.1) is 0 Å². The van der Waals surface area contributed by atoms with Crippen LogP contribution in [0.2, 0.25) is 0 Å². The van der Waals surface area contributed by atoms with Gasteiger partial charge in [0, 0.05) is 13.5 Å². The summed E-state index contributed by atoms with van der Waals surface area (Å²) in [5.74, 6) is -1.66. The van der Waals surface area contributed by atoms with Crippen LogP contribution in [0.4, 0.5) is 0 Å². The van der Waals surface area contributed by atoms with E-state index < -0.39 is 21.8 Å². The second-order valence-electron chi connectivity index (χ2n) is 2.66. The molecule has 0 rings (SSSR count). The lowest BCUT2D eigenvalue weighted by Crippen LogP contribution is -2.41. The SMILES string of the molecule is CC(=O)OC(CNCC(=O)O)C(Cl)(Cl)Cl. The summed E-state index contributed by atoms with van der Waals surface area (Å²) in [6, 6.07) is 0. The average Bonchev–Trinajstić information content (AvgIpc) is 1.99. The lowest BCUT2D eigenvalue weighted by atomic mass is 10.4. The smallest absolute Gasteiger partial charge is 0.317 e. The van der Waals surface area contributed by atoms with Crippen LogP contribution < -0.4 is 5.32 Å². The van der Waals surface area contributed by atoms with Gasteiger partial charge in [0.1, 0.15) is 0 Å². The van der Waals surface area contributed by atoms with Gasteiger partial charge >= 0.3 is 11.9 Å². The number of nitrogens with one attached hydrogen (secondary N) is 1. The molecule has 0 saturated heterocycles. The van der Waals surface area contributed by atoms with Gasteiger partial charge in [-0.3, -0.25) is 9.59 Å². The first kappa shape index (κ1) is 14.8. The average molecular weight is 279 g/mol. The molecule has 0 aliphatic carbocycles. The molecule has 0 radical (unpaired) electrons. The summed E-state index contributed by atoms with van der Waals surface area (Å²) in [5.41, 5.74) is 0. The van der Waals surface area contributed by atoms with E-state index in [1.54, 1.807) is 0 Å². The predicted molar refractivity (Wildman–Crippen MR) is 56.3 cm³/mol. The van der Waals surface area contributed by atoms with Gasteiger partial charge in [-0.25, -0.2) is 0 Å². The van der Waals surface area contributed by atoms with Crippen molar-refractivity contribution in [3.05, 3.63) is 0 Å². The second kappa shape index (κ2) is 6.37. The van der Waals surface area contributed by atoms with Crippen LogP contribution in [-0.2, 0) is 14.3 Å². The Kier molecular flexibility index (Phi) is 6.28. The number of rotatable bonds is 5. The third-order valence-corrected chi connectivity index (χ3v) is 2.01. The first-order valence-electron chi connectivity index (χ1n) is 3.90. The summed E-state index contributed by atoms with van der Waals surface area (Å²) in [7, 11) is 0. The first-order chi connectivity index (χ1) is 6.73. The van der Waals surface area contributed by atoms with Gasteiger partial charge in [0.15, 0.2) is 6.10 Å². The van der Waals surface area contributed by atoms with Gasteiger partial charge < -0.3 is 15.2 Å². The van der Waals surface area contributed by atoms with E-state index in [-0.39, 0.29) is 13.1 Å². The molecule has 0 spiro atoms. The molecule has 0 heterocycles. The number of carboxylic acid groups (broad SMARTS) is 1. The standard InChI is InChI=1S/C7H10Cl3NO4/c1-4(12)15-5(7(8,9)10)2-11-3-6(13)14/h5,11H,2-3H2,1H3,(H,13,14). The van der Waals surface area contributed by atoms with Crippen LogP contribution in [0.5, 0.6) is 0 Å². The Labute approximate surface area is 102 Å². The van der Waals surface area contributed by atoms with Crippen molar-refractivity contribution in [2.75, 3.05) is 13.1 Å². The lowest BCUT2D eigenvalue weighted by molar-refractivity contribution is -0.145. The number of carbonyl (C=O) groups is 2. The molecule has 88 valence electrons. The van der Waals surface area contributed by atoms with Gasteiger partial charge in [-0.2, -0.15) is 0 Å². The second-order valence-corrected chi connectivity index (χ2v) is 5.03. The number of alkyl halides is 3. The molecule has 5 nitrogen and oxygen atoms in total. The molecular formula is C7H10Cl3NO4. The summed E-state index contributed by atoms with van der Waals surface area (Å²) >= 11 is 16.6. The summed E-state index contributed by atoms with van der Waals surface area (Å²) < 4.78 is 2.91. The largest absolute Gasteiger partial charge is 0.480 e. The Hall–Kier alpha value is -0.230. The highest BCUT2D eigenvalue weighted by Gasteiger charge is 2.35. The fourth-order valence-electron chi connectivity index (χ4n) is 0.735. The van der Waals surface area contributed by atoms with E-state index in [0.717, 1.165) is 0 Å². The third-order valence-electron chi connectivity index (χ3n) is 1.28. The van der Waals surface area contributed by atoms with Crippen LogP contribution in [0.15, 0.2) is 0 Å². The van der Waals surface area contributed by atoms with Gasteiger partial charge in [-0.1, -0.05) is 34.8 Å². The monoisotopic (exact) mass is 277 g/mol. The maximum Gasteiger partial charge on any atom is 0.317 e. The molecule has 1 unspecified atom stereocenters. The maximum atomic E-state index is 10.7. The number of aliphatic carboxylic acids is 1. The van der Waals surface area contributed by atoms with E-state index >= 15 is 0 Å². The highest BCUT2D eigenvalue weighted by Crippen LogP contribution is 2.32. The van der Waals surface area contributed by atoms with E-state index in [0.29, 0.717) is 0 Å². The molecule has 0 amide bonds. The molecule has 8 heteroatoms. The molecule has 0 fully saturated rings. The Bertz CT molecular complexity index is 241. The fraction of sp³-hybridized carbons (Fsp3) is 0.714. The van der Waals surface area contributed by atoms with Crippen molar-refractivity contribution < 1.29 is 19.4 Å². The Morgan fingerprint density at radius 2 is 2.00 bits per heavy atom. The molecule has 0 aliphatic heterocycles. The van der Waals surface area contributed by atoms with Gasteiger partial charge in [0.05, 0.1) is 6.54 Å². The lowest BCUT2D eigenvalue weighted by Gasteiger charge is -2.23. The number of ether oxygens (including phenoxy) is 1. The van der Waals surface area contributed by atoms with Crippen molar-refractivity contribution in [3.63, 3.8) is 0 Å². The van der Waals surface area contributed by atoms with Crippen molar-refractivity contribution in [3.8, 4) is 0 Å². The molecule has 0 aromatic rings. The van der Waals surface area contributed by atoms with Crippen molar-refractivity contribution in [2.24, 2.45) is 0 Å². The normalized spacial score (nSPS) is 13.3.